The van der Waals surface area contributed by atoms with Gasteiger partial charge in [-0.25, -0.2) is 4.79 Å². The monoisotopic (exact) mass is 271 g/mol. The molecule has 0 aliphatic carbocycles. The van der Waals surface area contributed by atoms with Crippen molar-refractivity contribution in [2.24, 2.45) is 0 Å². The number of hydrogen-bond donors (Lipinski definition) is 1. The van der Waals surface area contributed by atoms with E-state index in [1.165, 1.54) is 7.11 Å². The van der Waals surface area contributed by atoms with Gasteiger partial charge < -0.3 is 9.47 Å². The number of rotatable bonds is 5. The maximum atomic E-state index is 11.9. The molecule has 0 radical (unpaired) electrons. The molecule has 1 atom stereocenters. The van der Waals surface area contributed by atoms with Crippen LogP contribution in [-0.2, 0) is 9.53 Å². The quantitative estimate of drug-likeness (QED) is 0.836. The summed E-state index contributed by atoms with van der Waals surface area (Å²) >= 11 is 6.16. The van der Waals surface area contributed by atoms with Crippen molar-refractivity contribution in [3.05, 3.63) is 28.8 Å². The molecule has 18 heavy (non-hydrogen) atoms. The Morgan fingerprint density at radius 2 is 2.00 bits per heavy atom. The zero-order chi connectivity index (χ0) is 13.7. The van der Waals surface area contributed by atoms with Crippen molar-refractivity contribution in [3.8, 4) is 5.75 Å². The number of methoxy groups -OCH3 is 2. The standard InChI is InChI=1S/C13H18ClNO3/c1-8(2)15-12(13(16)18-4)11-9(14)6-5-7-10(11)17-3/h5-8,12,15H,1-4H3. The molecular formula is C13H18ClNO3. The van der Waals surface area contributed by atoms with Crippen LogP contribution in [0.2, 0.25) is 5.02 Å². The minimum Gasteiger partial charge on any atom is -0.496 e. The molecule has 0 fully saturated rings. The van der Waals surface area contributed by atoms with Crippen molar-refractivity contribution >= 4 is 17.6 Å². The zero-order valence-electron chi connectivity index (χ0n) is 11.0. The number of hydrogen-bond acceptors (Lipinski definition) is 4. The molecule has 0 aromatic heterocycles. The van der Waals surface area contributed by atoms with E-state index in [9.17, 15) is 4.79 Å². The van der Waals surface area contributed by atoms with E-state index >= 15 is 0 Å². The van der Waals surface area contributed by atoms with E-state index in [1.54, 1.807) is 25.3 Å². The second-order valence-corrected chi connectivity index (χ2v) is 4.54. The molecule has 0 saturated heterocycles. The minimum absolute atomic E-state index is 0.107. The summed E-state index contributed by atoms with van der Waals surface area (Å²) in [4.78, 5) is 11.9. The van der Waals surface area contributed by atoms with Crippen LogP contribution in [0.15, 0.2) is 18.2 Å². The highest BCUT2D eigenvalue weighted by Gasteiger charge is 2.27. The number of ether oxygens (including phenoxy) is 2. The lowest BCUT2D eigenvalue weighted by Gasteiger charge is -2.22. The SMILES string of the molecule is COC(=O)C(NC(C)C)c1c(Cl)cccc1OC. The predicted molar refractivity (Wildman–Crippen MR) is 71.0 cm³/mol. The first-order valence-electron chi connectivity index (χ1n) is 5.67. The molecule has 1 aromatic carbocycles. The second-order valence-electron chi connectivity index (χ2n) is 4.13. The molecule has 0 spiro atoms. The number of nitrogens with one attached hydrogen (secondary N) is 1. The van der Waals surface area contributed by atoms with Gasteiger partial charge in [0.1, 0.15) is 11.8 Å². The fraction of sp³-hybridized carbons (Fsp3) is 0.462. The van der Waals surface area contributed by atoms with Gasteiger partial charge >= 0.3 is 5.97 Å². The molecular weight excluding hydrogens is 254 g/mol. The first kappa shape index (κ1) is 14.8. The van der Waals surface area contributed by atoms with Crippen LogP contribution >= 0.6 is 11.6 Å². The second kappa shape index (κ2) is 6.61. The van der Waals surface area contributed by atoms with Crippen LogP contribution in [0.4, 0.5) is 0 Å². The van der Waals surface area contributed by atoms with Gasteiger partial charge in [0.25, 0.3) is 0 Å². The number of halogens is 1. The minimum atomic E-state index is -0.640. The van der Waals surface area contributed by atoms with Gasteiger partial charge in [-0.2, -0.15) is 0 Å². The third kappa shape index (κ3) is 3.37. The molecule has 1 unspecified atom stereocenters. The molecule has 1 rings (SSSR count). The van der Waals surface area contributed by atoms with Gasteiger partial charge in [0.2, 0.25) is 0 Å². The highest BCUT2D eigenvalue weighted by molar-refractivity contribution is 6.31. The van der Waals surface area contributed by atoms with Gasteiger partial charge in [-0.15, -0.1) is 0 Å². The summed E-state index contributed by atoms with van der Waals surface area (Å²) in [5.74, 6) is 0.168. The van der Waals surface area contributed by atoms with Crippen LogP contribution in [0.1, 0.15) is 25.5 Å². The molecule has 5 heteroatoms. The molecule has 100 valence electrons. The average Bonchev–Trinajstić information content (AvgIpc) is 2.34. The Labute approximate surface area is 112 Å². The zero-order valence-corrected chi connectivity index (χ0v) is 11.7. The predicted octanol–water partition coefficient (Wildman–Crippen LogP) is 2.56. The Bertz CT molecular complexity index is 421. The molecule has 0 saturated carbocycles. The van der Waals surface area contributed by atoms with Crippen molar-refractivity contribution in [2.75, 3.05) is 14.2 Å². The van der Waals surface area contributed by atoms with Crippen LogP contribution in [0.3, 0.4) is 0 Å². The first-order chi connectivity index (χ1) is 8.51. The van der Waals surface area contributed by atoms with E-state index < -0.39 is 12.0 Å². The summed E-state index contributed by atoms with van der Waals surface area (Å²) in [5.41, 5.74) is 0.599. The fourth-order valence-electron chi connectivity index (χ4n) is 1.70. The topological polar surface area (TPSA) is 47.6 Å². The lowest BCUT2D eigenvalue weighted by atomic mass is 10.0. The maximum absolute atomic E-state index is 11.9. The van der Waals surface area contributed by atoms with E-state index in [4.69, 9.17) is 21.1 Å². The maximum Gasteiger partial charge on any atom is 0.327 e. The van der Waals surface area contributed by atoms with Crippen LogP contribution in [-0.4, -0.2) is 26.2 Å². The highest BCUT2D eigenvalue weighted by Crippen LogP contribution is 2.33. The van der Waals surface area contributed by atoms with E-state index in [-0.39, 0.29) is 6.04 Å². The molecule has 0 bridgehead atoms. The van der Waals surface area contributed by atoms with Gasteiger partial charge in [0.05, 0.1) is 14.2 Å². The van der Waals surface area contributed by atoms with Crippen molar-refractivity contribution in [3.63, 3.8) is 0 Å². The number of esters is 1. The number of carbonyl (C=O) groups excluding carboxylic acids is 1. The summed E-state index contributed by atoms with van der Waals surface area (Å²) in [6.45, 7) is 3.89. The summed E-state index contributed by atoms with van der Waals surface area (Å²) < 4.78 is 10.1. The summed E-state index contributed by atoms with van der Waals surface area (Å²) in [7, 11) is 2.89. The Morgan fingerprint density at radius 3 is 2.50 bits per heavy atom. The summed E-state index contributed by atoms with van der Waals surface area (Å²) in [6.07, 6.45) is 0. The molecule has 1 N–H and O–H groups in total. The fourth-order valence-corrected chi connectivity index (χ4v) is 1.97. The lowest BCUT2D eigenvalue weighted by Crippen LogP contribution is -2.34. The van der Waals surface area contributed by atoms with Crippen molar-refractivity contribution in [1.82, 2.24) is 5.32 Å². The van der Waals surface area contributed by atoms with Crippen LogP contribution in [0.25, 0.3) is 0 Å². The third-order valence-corrected chi connectivity index (χ3v) is 2.79. The van der Waals surface area contributed by atoms with E-state index in [2.05, 4.69) is 5.32 Å². The van der Waals surface area contributed by atoms with E-state index in [0.717, 1.165) is 0 Å². The Balaban J connectivity index is 3.23. The highest BCUT2D eigenvalue weighted by atomic mass is 35.5. The molecule has 0 aliphatic rings. The number of benzene rings is 1. The van der Waals surface area contributed by atoms with Crippen molar-refractivity contribution in [1.29, 1.82) is 0 Å². The van der Waals surface area contributed by atoms with Crippen LogP contribution in [0, 0.1) is 0 Å². The van der Waals surface area contributed by atoms with Crippen LogP contribution < -0.4 is 10.1 Å². The van der Waals surface area contributed by atoms with Gasteiger partial charge in [0.15, 0.2) is 0 Å². The van der Waals surface area contributed by atoms with E-state index in [0.29, 0.717) is 16.3 Å². The van der Waals surface area contributed by atoms with Gasteiger partial charge in [-0.3, -0.25) is 5.32 Å². The Kier molecular flexibility index (Phi) is 5.44. The van der Waals surface area contributed by atoms with Gasteiger partial charge in [-0.1, -0.05) is 17.7 Å². The van der Waals surface area contributed by atoms with Crippen LogP contribution in [0.5, 0.6) is 5.75 Å². The molecule has 4 nitrogen and oxygen atoms in total. The molecule has 0 aliphatic heterocycles. The lowest BCUT2D eigenvalue weighted by molar-refractivity contribution is -0.143. The largest absolute Gasteiger partial charge is 0.496 e. The first-order valence-corrected chi connectivity index (χ1v) is 6.05. The summed E-state index contributed by atoms with van der Waals surface area (Å²) in [6, 6.07) is 4.72. The third-order valence-electron chi connectivity index (χ3n) is 2.46. The molecule has 0 amide bonds. The average molecular weight is 272 g/mol. The molecule has 0 heterocycles. The molecule has 1 aromatic rings. The Morgan fingerprint density at radius 1 is 1.33 bits per heavy atom. The number of carbonyl (C=O) groups is 1. The van der Waals surface area contributed by atoms with Crippen molar-refractivity contribution in [2.45, 2.75) is 25.9 Å². The van der Waals surface area contributed by atoms with E-state index in [1.807, 2.05) is 13.8 Å². The van der Waals surface area contributed by atoms with Gasteiger partial charge in [-0.05, 0) is 26.0 Å². The smallest absolute Gasteiger partial charge is 0.327 e. The van der Waals surface area contributed by atoms with Gasteiger partial charge in [0, 0.05) is 16.6 Å². The van der Waals surface area contributed by atoms with Crippen molar-refractivity contribution < 1.29 is 14.3 Å². The normalized spacial score (nSPS) is 12.3. The summed E-state index contributed by atoms with van der Waals surface area (Å²) in [5, 5.41) is 3.59. The Hall–Kier alpha value is -1.26.